The summed E-state index contributed by atoms with van der Waals surface area (Å²) in [7, 11) is 0. The Morgan fingerprint density at radius 2 is 2.04 bits per heavy atom. The summed E-state index contributed by atoms with van der Waals surface area (Å²) in [6.07, 6.45) is 0. The van der Waals surface area contributed by atoms with Gasteiger partial charge in [0.05, 0.1) is 17.8 Å². The van der Waals surface area contributed by atoms with E-state index in [4.69, 9.17) is 16.3 Å². The summed E-state index contributed by atoms with van der Waals surface area (Å²) in [5.74, 6) is 0.687. The molecule has 0 radical (unpaired) electrons. The predicted molar refractivity (Wildman–Crippen MR) is 93.8 cm³/mol. The maximum Gasteiger partial charge on any atom is 0.355 e. The highest BCUT2D eigenvalue weighted by atomic mass is 35.5. The number of benzene rings is 1. The van der Waals surface area contributed by atoms with Gasteiger partial charge in [-0.25, -0.2) is 4.79 Å². The van der Waals surface area contributed by atoms with Crippen LogP contribution in [0.5, 0.6) is 0 Å². The standard InChI is InChI=1S/C16H17ClN4O2S/c1-4-23-13(22)12-9-24-15-19-18-14(21(15)20-12)16(2,3)10-5-7-11(17)8-6-10/h5-8H,4,9H2,1-3H3. The molecule has 2 heterocycles. The number of hydrogen-bond acceptors (Lipinski definition) is 6. The van der Waals surface area contributed by atoms with Crippen molar-refractivity contribution >= 4 is 35.0 Å². The van der Waals surface area contributed by atoms with Gasteiger partial charge in [-0.15, -0.1) is 10.2 Å². The van der Waals surface area contributed by atoms with Crippen LogP contribution < -0.4 is 0 Å². The molecule has 0 atom stereocenters. The second kappa shape index (κ2) is 6.57. The number of ether oxygens (including phenoxy) is 1. The van der Waals surface area contributed by atoms with Gasteiger partial charge in [0, 0.05) is 5.02 Å². The molecule has 0 aliphatic carbocycles. The second-order valence-electron chi connectivity index (χ2n) is 5.81. The highest BCUT2D eigenvalue weighted by Gasteiger charge is 2.33. The van der Waals surface area contributed by atoms with Crippen LogP contribution >= 0.6 is 23.4 Å². The lowest BCUT2D eigenvalue weighted by molar-refractivity contribution is -0.135. The molecule has 1 aliphatic heterocycles. The van der Waals surface area contributed by atoms with E-state index in [0.717, 1.165) is 5.56 Å². The van der Waals surface area contributed by atoms with E-state index < -0.39 is 11.4 Å². The number of nitrogens with zero attached hydrogens (tertiary/aromatic N) is 4. The van der Waals surface area contributed by atoms with Crippen molar-refractivity contribution in [3.63, 3.8) is 0 Å². The average molecular weight is 365 g/mol. The van der Waals surface area contributed by atoms with E-state index in [1.807, 2.05) is 38.1 Å². The highest BCUT2D eigenvalue weighted by Crippen LogP contribution is 2.34. The quantitative estimate of drug-likeness (QED) is 0.779. The summed E-state index contributed by atoms with van der Waals surface area (Å²) in [5.41, 5.74) is 0.949. The fourth-order valence-electron chi connectivity index (χ4n) is 2.43. The van der Waals surface area contributed by atoms with Crippen LogP contribution in [0.4, 0.5) is 0 Å². The molecular formula is C16H17ClN4O2S. The summed E-state index contributed by atoms with van der Waals surface area (Å²) in [6, 6.07) is 7.59. The molecule has 1 aromatic carbocycles. The minimum absolute atomic E-state index is 0.320. The third-order valence-corrected chi connectivity index (χ3v) is 4.99. The van der Waals surface area contributed by atoms with Gasteiger partial charge in [0.2, 0.25) is 5.16 Å². The van der Waals surface area contributed by atoms with Crippen molar-refractivity contribution in [1.29, 1.82) is 0 Å². The molecule has 6 nitrogen and oxygen atoms in total. The second-order valence-corrected chi connectivity index (χ2v) is 7.18. The summed E-state index contributed by atoms with van der Waals surface area (Å²) in [5, 5.41) is 14.3. The van der Waals surface area contributed by atoms with Crippen molar-refractivity contribution < 1.29 is 9.53 Å². The number of aromatic nitrogens is 3. The molecule has 8 heteroatoms. The van der Waals surface area contributed by atoms with E-state index in [1.165, 1.54) is 11.8 Å². The van der Waals surface area contributed by atoms with Crippen molar-refractivity contribution in [2.24, 2.45) is 5.10 Å². The molecule has 0 saturated carbocycles. The molecule has 3 rings (SSSR count). The van der Waals surface area contributed by atoms with Crippen molar-refractivity contribution in [2.45, 2.75) is 31.3 Å². The van der Waals surface area contributed by atoms with E-state index in [1.54, 1.807) is 11.6 Å². The van der Waals surface area contributed by atoms with Crippen LogP contribution in [0.25, 0.3) is 0 Å². The van der Waals surface area contributed by atoms with Crippen molar-refractivity contribution in [2.75, 3.05) is 12.4 Å². The molecular weight excluding hydrogens is 348 g/mol. The third-order valence-electron chi connectivity index (χ3n) is 3.81. The first-order valence-electron chi connectivity index (χ1n) is 7.53. The van der Waals surface area contributed by atoms with E-state index in [0.29, 0.717) is 34.1 Å². The normalized spacial score (nSPS) is 14.1. The summed E-state index contributed by atoms with van der Waals surface area (Å²) >= 11 is 7.40. The molecule has 0 saturated heterocycles. The van der Waals surface area contributed by atoms with Gasteiger partial charge in [-0.05, 0) is 38.5 Å². The Bertz CT molecular complexity index is 799. The van der Waals surface area contributed by atoms with Crippen LogP contribution in [-0.4, -0.2) is 38.9 Å². The molecule has 0 amide bonds. The minimum atomic E-state index is -0.447. The van der Waals surface area contributed by atoms with Crippen LogP contribution in [0.3, 0.4) is 0 Å². The van der Waals surface area contributed by atoms with E-state index >= 15 is 0 Å². The number of halogens is 1. The van der Waals surface area contributed by atoms with Gasteiger partial charge in [0.15, 0.2) is 11.5 Å². The van der Waals surface area contributed by atoms with Crippen LogP contribution in [0.15, 0.2) is 34.5 Å². The number of fused-ring (bicyclic) bond motifs is 1. The largest absolute Gasteiger partial charge is 0.461 e. The zero-order valence-electron chi connectivity index (χ0n) is 13.6. The van der Waals surface area contributed by atoms with Gasteiger partial charge in [0.25, 0.3) is 0 Å². The van der Waals surface area contributed by atoms with E-state index in [2.05, 4.69) is 15.3 Å². The molecule has 24 heavy (non-hydrogen) atoms. The fraction of sp³-hybridized carbons (Fsp3) is 0.375. The van der Waals surface area contributed by atoms with Gasteiger partial charge in [-0.1, -0.05) is 35.5 Å². The van der Waals surface area contributed by atoms with Crippen LogP contribution in [0.2, 0.25) is 5.02 Å². The lowest BCUT2D eigenvalue weighted by Gasteiger charge is -2.25. The SMILES string of the molecule is CCOC(=O)C1=Nn2c(nnc2C(C)(C)c2ccc(Cl)cc2)SC1. The Labute approximate surface area is 149 Å². The molecule has 0 spiro atoms. The Balaban J connectivity index is 2.01. The number of carbonyl (C=O) groups is 1. The number of esters is 1. The predicted octanol–water partition coefficient (Wildman–Crippen LogP) is 3.13. The Morgan fingerprint density at radius 1 is 1.33 bits per heavy atom. The maximum atomic E-state index is 12.0. The van der Waals surface area contributed by atoms with E-state index in [-0.39, 0.29) is 0 Å². The summed E-state index contributed by atoms with van der Waals surface area (Å²) in [4.78, 5) is 12.0. The third kappa shape index (κ3) is 3.06. The molecule has 0 bridgehead atoms. The van der Waals surface area contributed by atoms with Crippen LogP contribution in [0, 0.1) is 0 Å². The zero-order chi connectivity index (χ0) is 17.3. The summed E-state index contributed by atoms with van der Waals surface area (Å²) in [6.45, 7) is 6.16. The monoisotopic (exact) mass is 364 g/mol. The lowest BCUT2D eigenvalue weighted by atomic mass is 9.84. The molecule has 2 aromatic rings. The minimum Gasteiger partial charge on any atom is -0.461 e. The van der Waals surface area contributed by atoms with Gasteiger partial charge in [-0.3, -0.25) is 0 Å². The van der Waals surface area contributed by atoms with Gasteiger partial charge in [-0.2, -0.15) is 9.78 Å². The molecule has 0 fully saturated rings. The zero-order valence-corrected chi connectivity index (χ0v) is 15.2. The number of hydrogen-bond donors (Lipinski definition) is 0. The van der Waals surface area contributed by atoms with E-state index in [9.17, 15) is 4.79 Å². The first-order chi connectivity index (χ1) is 11.4. The highest BCUT2D eigenvalue weighted by molar-refractivity contribution is 8.00. The first-order valence-corrected chi connectivity index (χ1v) is 8.89. The van der Waals surface area contributed by atoms with Gasteiger partial charge in [0.1, 0.15) is 0 Å². The van der Waals surface area contributed by atoms with Crippen molar-refractivity contribution in [1.82, 2.24) is 14.9 Å². The van der Waals surface area contributed by atoms with Crippen LogP contribution in [0.1, 0.15) is 32.2 Å². The molecule has 1 aliphatic rings. The maximum absolute atomic E-state index is 12.0. The summed E-state index contributed by atoms with van der Waals surface area (Å²) < 4.78 is 6.68. The Morgan fingerprint density at radius 3 is 2.71 bits per heavy atom. The van der Waals surface area contributed by atoms with Crippen LogP contribution in [-0.2, 0) is 14.9 Å². The number of rotatable bonds is 4. The van der Waals surface area contributed by atoms with Crippen molar-refractivity contribution in [3.05, 3.63) is 40.7 Å². The first kappa shape index (κ1) is 17.0. The molecule has 126 valence electrons. The topological polar surface area (TPSA) is 69.4 Å². The molecule has 0 unspecified atom stereocenters. The van der Waals surface area contributed by atoms with Crippen molar-refractivity contribution in [3.8, 4) is 0 Å². The molecule has 0 N–H and O–H groups in total. The number of carbonyl (C=O) groups excluding carboxylic acids is 1. The molecule has 1 aromatic heterocycles. The average Bonchev–Trinajstić information content (AvgIpc) is 2.99. The Hall–Kier alpha value is -1.86. The Kier molecular flexibility index (Phi) is 4.64. The lowest BCUT2D eigenvalue weighted by Crippen LogP contribution is -2.28. The fourth-order valence-corrected chi connectivity index (χ4v) is 3.34. The van der Waals surface area contributed by atoms with Gasteiger partial charge < -0.3 is 4.74 Å². The smallest absolute Gasteiger partial charge is 0.355 e. The number of thioether (sulfide) groups is 1. The van der Waals surface area contributed by atoms with Gasteiger partial charge >= 0.3 is 5.97 Å².